The third-order valence-corrected chi connectivity index (χ3v) is 4.55. The highest BCUT2D eigenvalue weighted by Gasteiger charge is 2.23. The van der Waals surface area contributed by atoms with E-state index in [0.717, 1.165) is 18.0 Å². The van der Waals surface area contributed by atoms with Crippen LogP contribution in [0.15, 0.2) is 41.6 Å². The SMILES string of the molecule is CN(CC1CC1)c1ccc(=O)n(CC(=O)Cc2ccn3ncnc3c2)n1. The van der Waals surface area contributed by atoms with Gasteiger partial charge in [-0.25, -0.2) is 14.2 Å². The van der Waals surface area contributed by atoms with Crippen molar-refractivity contribution in [2.24, 2.45) is 5.92 Å². The van der Waals surface area contributed by atoms with Gasteiger partial charge in [0, 0.05) is 32.3 Å². The van der Waals surface area contributed by atoms with Gasteiger partial charge in [0.15, 0.2) is 11.4 Å². The molecule has 3 heterocycles. The van der Waals surface area contributed by atoms with E-state index < -0.39 is 0 Å². The number of hydrogen-bond acceptors (Lipinski definition) is 6. The highest BCUT2D eigenvalue weighted by Crippen LogP contribution is 2.30. The van der Waals surface area contributed by atoms with Crippen LogP contribution in [0.1, 0.15) is 18.4 Å². The molecule has 8 heteroatoms. The summed E-state index contributed by atoms with van der Waals surface area (Å²) in [6, 6.07) is 6.84. The van der Waals surface area contributed by atoms with Crippen LogP contribution in [0, 0.1) is 5.92 Å². The van der Waals surface area contributed by atoms with Crippen LogP contribution in [-0.2, 0) is 17.8 Å². The first-order valence-corrected chi connectivity index (χ1v) is 8.68. The van der Waals surface area contributed by atoms with Gasteiger partial charge >= 0.3 is 0 Å². The van der Waals surface area contributed by atoms with E-state index in [1.165, 1.54) is 29.9 Å². The van der Waals surface area contributed by atoms with Crippen molar-refractivity contribution in [2.45, 2.75) is 25.8 Å². The van der Waals surface area contributed by atoms with Crippen molar-refractivity contribution in [1.29, 1.82) is 0 Å². The molecule has 4 rings (SSSR count). The molecule has 0 unspecified atom stereocenters. The molecule has 1 saturated carbocycles. The lowest BCUT2D eigenvalue weighted by molar-refractivity contribution is -0.119. The Bertz CT molecular complexity index is 1000. The Hall–Kier alpha value is -3.03. The van der Waals surface area contributed by atoms with Crippen molar-refractivity contribution in [2.75, 3.05) is 18.5 Å². The zero-order valence-electron chi connectivity index (χ0n) is 14.6. The molecular formula is C18H20N6O2. The smallest absolute Gasteiger partial charge is 0.267 e. The highest BCUT2D eigenvalue weighted by atomic mass is 16.1. The van der Waals surface area contributed by atoms with Crippen molar-refractivity contribution >= 4 is 17.2 Å². The van der Waals surface area contributed by atoms with Crippen LogP contribution in [0.4, 0.5) is 5.82 Å². The second-order valence-electron chi connectivity index (χ2n) is 6.82. The predicted octanol–water partition coefficient (Wildman–Crippen LogP) is 0.944. The van der Waals surface area contributed by atoms with Crippen LogP contribution in [0.5, 0.6) is 0 Å². The van der Waals surface area contributed by atoms with Gasteiger partial charge < -0.3 is 4.90 Å². The van der Waals surface area contributed by atoms with Gasteiger partial charge in [-0.1, -0.05) is 0 Å². The number of carbonyl (C=O) groups is 1. The highest BCUT2D eigenvalue weighted by molar-refractivity contribution is 5.80. The largest absolute Gasteiger partial charge is 0.358 e. The topological polar surface area (TPSA) is 85.4 Å². The van der Waals surface area contributed by atoms with Gasteiger partial charge in [0.2, 0.25) is 0 Å². The van der Waals surface area contributed by atoms with Crippen LogP contribution < -0.4 is 10.5 Å². The lowest BCUT2D eigenvalue weighted by atomic mass is 10.1. The van der Waals surface area contributed by atoms with E-state index in [1.807, 2.05) is 24.1 Å². The monoisotopic (exact) mass is 352 g/mol. The van der Waals surface area contributed by atoms with Crippen LogP contribution >= 0.6 is 0 Å². The fraction of sp³-hybridized carbons (Fsp3) is 0.389. The number of aromatic nitrogens is 5. The van der Waals surface area contributed by atoms with Gasteiger partial charge in [0.1, 0.15) is 18.7 Å². The number of Topliss-reactive ketones (excluding diaryl/α,β-unsaturated/α-hetero) is 1. The van der Waals surface area contributed by atoms with E-state index in [2.05, 4.69) is 15.2 Å². The molecule has 3 aromatic rings. The summed E-state index contributed by atoms with van der Waals surface area (Å²) >= 11 is 0. The number of nitrogens with zero attached hydrogens (tertiary/aromatic N) is 6. The fourth-order valence-corrected chi connectivity index (χ4v) is 2.95. The first-order chi connectivity index (χ1) is 12.6. The van der Waals surface area contributed by atoms with Crippen molar-refractivity contribution in [3.63, 3.8) is 0 Å². The summed E-state index contributed by atoms with van der Waals surface area (Å²) in [5, 5.41) is 8.39. The minimum atomic E-state index is -0.269. The number of carbonyl (C=O) groups excluding carboxylic acids is 1. The predicted molar refractivity (Wildman–Crippen MR) is 96.2 cm³/mol. The molecule has 0 spiro atoms. The fourth-order valence-electron chi connectivity index (χ4n) is 2.95. The molecule has 3 aromatic heterocycles. The molecule has 26 heavy (non-hydrogen) atoms. The summed E-state index contributed by atoms with van der Waals surface area (Å²) < 4.78 is 2.88. The quantitative estimate of drug-likeness (QED) is 0.629. The maximum absolute atomic E-state index is 12.4. The lowest BCUT2D eigenvalue weighted by Gasteiger charge is -2.18. The maximum Gasteiger partial charge on any atom is 0.267 e. The summed E-state index contributed by atoms with van der Waals surface area (Å²) in [6.07, 6.45) is 5.95. The Morgan fingerprint density at radius 2 is 2.15 bits per heavy atom. The van der Waals surface area contributed by atoms with Crippen LogP contribution in [0.3, 0.4) is 0 Å². The van der Waals surface area contributed by atoms with Gasteiger partial charge in [-0.2, -0.15) is 10.2 Å². The Kier molecular flexibility index (Phi) is 4.24. The van der Waals surface area contributed by atoms with E-state index in [0.29, 0.717) is 11.5 Å². The minimum Gasteiger partial charge on any atom is -0.358 e. The molecule has 0 saturated heterocycles. The Morgan fingerprint density at radius 3 is 2.96 bits per heavy atom. The molecule has 1 fully saturated rings. The second-order valence-corrected chi connectivity index (χ2v) is 6.82. The van der Waals surface area contributed by atoms with Crippen molar-refractivity contribution in [3.8, 4) is 0 Å². The Morgan fingerprint density at radius 1 is 1.31 bits per heavy atom. The Balaban J connectivity index is 1.46. The summed E-state index contributed by atoms with van der Waals surface area (Å²) in [6.45, 7) is 0.888. The van der Waals surface area contributed by atoms with Crippen LogP contribution in [0.2, 0.25) is 0 Å². The van der Waals surface area contributed by atoms with E-state index in [9.17, 15) is 9.59 Å². The summed E-state index contributed by atoms with van der Waals surface area (Å²) in [5.74, 6) is 1.36. The molecular weight excluding hydrogens is 332 g/mol. The van der Waals surface area contributed by atoms with Gasteiger partial charge in [-0.05, 0) is 42.5 Å². The van der Waals surface area contributed by atoms with Crippen molar-refractivity contribution < 1.29 is 4.79 Å². The second kappa shape index (κ2) is 6.70. The van der Waals surface area contributed by atoms with E-state index in [1.54, 1.807) is 16.8 Å². The average Bonchev–Trinajstić information content (AvgIpc) is 3.30. The van der Waals surface area contributed by atoms with Gasteiger partial charge in [0.05, 0.1) is 0 Å². The Labute approximate surface area is 150 Å². The van der Waals surface area contributed by atoms with E-state index >= 15 is 0 Å². The van der Waals surface area contributed by atoms with Crippen LogP contribution in [0.25, 0.3) is 5.65 Å². The molecule has 8 nitrogen and oxygen atoms in total. The minimum absolute atomic E-state index is 0.0399. The molecule has 0 aromatic carbocycles. The molecule has 0 atom stereocenters. The van der Waals surface area contributed by atoms with Gasteiger partial charge in [-0.15, -0.1) is 0 Å². The molecule has 0 N–H and O–H groups in total. The number of pyridine rings is 1. The first kappa shape index (κ1) is 16.4. The summed E-state index contributed by atoms with van der Waals surface area (Å²) in [5.41, 5.74) is 1.26. The first-order valence-electron chi connectivity index (χ1n) is 8.68. The summed E-state index contributed by atoms with van der Waals surface area (Å²) in [7, 11) is 1.96. The normalized spacial score (nSPS) is 13.9. The number of hydrogen-bond donors (Lipinski definition) is 0. The standard InChI is InChI=1S/C18H20N6O2/c1-22(10-13-2-3-13)16-4-5-18(26)24(21-16)11-15(25)8-14-6-7-23-17(9-14)19-12-20-23/h4-7,9,12-13H,2-3,8,10-11H2,1H3. The molecule has 0 amide bonds. The zero-order chi connectivity index (χ0) is 18.1. The third kappa shape index (κ3) is 3.63. The van der Waals surface area contributed by atoms with Gasteiger partial charge in [-0.3, -0.25) is 9.59 Å². The van der Waals surface area contributed by atoms with E-state index in [4.69, 9.17) is 0 Å². The maximum atomic E-state index is 12.4. The molecule has 134 valence electrons. The van der Waals surface area contributed by atoms with E-state index in [-0.39, 0.29) is 24.3 Å². The number of ketones is 1. The lowest BCUT2D eigenvalue weighted by Crippen LogP contribution is -2.30. The number of fused-ring (bicyclic) bond motifs is 1. The average molecular weight is 352 g/mol. The number of anilines is 1. The summed E-state index contributed by atoms with van der Waals surface area (Å²) in [4.78, 5) is 30.6. The molecule has 1 aliphatic carbocycles. The van der Waals surface area contributed by atoms with Gasteiger partial charge in [0.25, 0.3) is 5.56 Å². The number of rotatable bonds is 7. The zero-order valence-corrected chi connectivity index (χ0v) is 14.6. The van der Waals surface area contributed by atoms with Crippen LogP contribution in [-0.4, -0.2) is 43.8 Å². The molecule has 1 aliphatic rings. The van der Waals surface area contributed by atoms with Crippen molar-refractivity contribution in [1.82, 2.24) is 24.4 Å². The van der Waals surface area contributed by atoms with Crippen molar-refractivity contribution in [3.05, 3.63) is 52.7 Å². The third-order valence-electron chi connectivity index (χ3n) is 4.55. The molecule has 0 radical (unpaired) electrons. The molecule has 0 aliphatic heterocycles. The molecule has 0 bridgehead atoms.